The van der Waals surface area contributed by atoms with E-state index in [4.69, 9.17) is 20.9 Å². The summed E-state index contributed by atoms with van der Waals surface area (Å²) in [5.41, 5.74) is 0.930. The number of carbonyl (C=O) groups excluding carboxylic acids is 1. The Hall–Kier alpha value is -3.00. The van der Waals surface area contributed by atoms with Gasteiger partial charge in [-0.15, -0.1) is 0 Å². The number of nitrogens with zero attached hydrogens (tertiary/aromatic N) is 3. The zero-order valence-corrected chi connectivity index (χ0v) is 16.5. The maximum Gasteiger partial charge on any atom is 0.230 e. The van der Waals surface area contributed by atoms with Crippen LogP contribution in [0.5, 0.6) is 5.75 Å². The van der Waals surface area contributed by atoms with Crippen LogP contribution in [0.25, 0.3) is 0 Å². The number of hydrogen-bond acceptors (Lipinski definition) is 5. The van der Waals surface area contributed by atoms with Gasteiger partial charge in [0.05, 0.1) is 18.6 Å². The van der Waals surface area contributed by atoms with Gasteiger partial charge in [0.2, 0.25) is 11.8 Å². The lowest BCUT2D eigenvalue weighted by molar-refractivity contribution is -0.131. The predicted molar refractivity (Wildman–Crippen MR) is 101 cm³/mol. The molecule has 0 aliphatic rings. The normalized spacial score (nSPS) is 10.8. The first-order valence-corrected chi connectivity index (χ1v) is 9.07. The molecule has 0 N–H and O–H groups in total. The Morgan fingerprint density at radius 1 is 1.21 bits per heavy atom. The van der Waals surface area contributed by atoms with Gasteiger partial charge in [0, 0.05) is 26.1 Å². The van der Waals surface area contributed by atoms with Crippen LogP contribution in [0.3, 0.4) is 0 Å². The highest BCUT2D eigenvalue weighted by molar-refractivity contribution is 6.32. The third-order valence-corrected chi connectivity index (χ3v) is 4.58. The van der Waals surface area contributed by atoms with Crippen molar-refractivity contribution >= 4 is 17.5 Å². The molecule has 1 heterocycles. The van der Waals surface area contributed by atoms with E-state index < -0.39 is 11.6 Å². The minimum absolute atomic E-state index is 0.0299. The van der Waals surface area contributed by atoms with Crippen molar-refractivity contribution in [2.24, 2.45) is 0 Å². The van der Waals surface area contributed by atoms with Gasteiger partial charge in [0.25, 0.3) is 0 Å². The summed E-state index contributed by atoms with van der Waals surface area (Å²) in [5.74, 6) is -0.778. The smallest absolute Gasteiger partial charge is 0.230 e. The van der Waals surface area contributed by atoms with E-state index in [9.17, 15) is 13.6 Å². The predicted octanol–water partition coefficient (Wildman–Crippen LogP) is 4.09. The van der Waals surface area contributed by atoms with Crippen molar-refractivity contribution < 1.29 is 22.8 Å². The van der Waals surface area contributed by atoms with E-state index in [0.29, 0.717) is 27.8 Å². The van der Waals surface area contributed by atoms with Crippen LogP contribution in [0.4, 0.5) is 8.78 Å². The van der Waals surface area contributed by atoms with E-state index in [1.807, 2.05) is 0 Å². The summed E-state index contributed by atoms with van der Waals surface area (Å²) in [7, 11) is 1.49. The standard InChI is InChI=1S/C20H18ClF2N3O3/c1-12-24-18(25-29-12)9-19(27)26(10-13-6-15(22)8-16(23)7-13)11-14-4-3-5-17(28-2)20(14)21/h3-8H,9-11H2,1-2H3. The molecule has 0 spiro atoms. The molecule has 3 rings (SSSR count). The summed E-state index contributed by atoms with van der Waals surface area (Å²) < 4.78 is 37.3. The quantitative estimate of drug-likeness (QED) is 0.574. The van der Waals surface area contributed by atoms with Gasteiger partial charge in [-0.2, -0.15) is 4.98 Å². The van der Waals surface area contributed by atoms with Crippen LogP contribution in [0.15, 0.2) is 40.9 Å². The topological polar surface area (TPSA) is 68.5 Å². The molecule has 0 aliphatic heterocycles. The Morgan fingerprint density at radius 3 is 2.55 bits per heavy atom. The number of halogens is 3. The Balaban J connectivity index is 1.88. The SMILES string of the molecule is COc1cccc(CN(Cc2cc(F)cc(F)c2)C(=O)Cc2noc(C)n2)c1Cl. The molecular formula is C20H18ClF2N3O3. The fraction of sp³-hybridized carbons (Fsp3) is 0.250. The van der Waals surface area contributed by atoms with Gasteiger partial charge in [-0.1, -0.05) is 28.9 Å². The van der Waals surface area contributed by atoms with Gasteiger partial charge >= 0.3 is 0 Å². The highest BCUT2D eigenvalue weighted by atomic mass is 35.5. The zero-order chi connectivity index (χ0) is 21.0. The van der Waals surface area contributed by atoms with Crippen molar-refractivity contribution in [2.45, 2.75) is 26.4 Å². The van der Waals surface area contributed by atoms with E-state index in [1.165, 1.54) is 24.1 Å². The highest BCUT2D eigenvalue weighted by Gasteiger charge is 2.20. The van der Waals surface area contributed by atoms with Crippen molar-refractivity contribution in [3.63, 3.8) is 0 Å². The lowest BCUT2D eigenvalue weighted by atomic mass is 10.1. The second-order valence-electron chi connectivity index (χ2n) is 6.37. The average molecular weight is 422 g/mol. The molecule has 0 unspecified atom stereocenters. The fourth-order valence-corrected chi connectivity index (χ4v) is 3.12. The number of ether oxygens (including phenoxy) is 1. The largest absolute Gasteiger partial charge is 0.495 e. The number of aromatic nitrogens is 2. The maximum absolute atomic E-state index is 13.6. The summed E-state index contributed by atoms with van der Waals surface area (Å²) in [6.45, 7) is 1.69. The van der Waals surface area contributed by atoms with Crippen LogP contribution >= 0.6 is 11.6 Å². The molecule has 0 aliphatic carbocycles. The minimum Gasteiger partial charge on any atom is -0.495 e. The molecule has 0 bridgehead atoms. The maximum atomic E-state index is 13.6. The summed E-state index contributed by atoms with van der Waals surface area (Å²) in [6, 6.07) is 8.31. The van der Waals surface area contributed by atoms with E-state index in [0.717, 1.165) is 6.07 Å². The number of carbonyl (C=O) groups is 1. The Labute approximate surface area is 171 Å². The molecule has 1 aromatic heterocycles. The average Bonchev–Trinajstić information content (AvgIpc) is 3.06. The Kier molecular flexibility index (Phi) is 6.43. The first kappa shape index (κ1) is 20.7. The van der Waals surface area contributed by atoms with Crippen LogP contribution in [0.1, 0.15) is 22.8 Å². The molecular weight excluding hydrogens is 404 g/mol. The van der Waals surface area contributed by atoms with E-state index >= 15 is 0 Å². The Morgan fingerprint density at radius 2 is 1.93 bits per heavy atom. The van der Waals surface area contributed by atoms with Crippen molar-refractivity contribution in [2.75, 3.05) is 7.11 Å². The molecule has 0 saturated heterocycles. The van der Waals surface area contributed by atoms with Gasteiger partial charge in [-0.25, -0.2) is 8.78 Å². The van der Waals surface area contributed by atoms with Crippen LogP contribution in [0.2, 0.25) is 5.02 Å². The van der Waals surface area contributed by atoms with Crippen molar-refractivity contribution in [1.82, 2.24) is 15.0 Å². The molecule has 0 fully saturated rings. The van der Waals surface area contributed by atoms with E-state index in [2.05, 4.69) is 10.1 Å². The zero-order valence-electron chi connectivity index (χ0n) is 15.8. The highest BCUT2D eigenvalue weighted by Crippen LogP contribution is 2.29. The van der Waals surface area contributed by atoms with Gasteiger partial charge in [-0.05, 0) is 29.3 Å². The molecule has 0 saturated carbocycles. The van der Waals surface area contributed by atoms with Crippen LogP contribution < -0.4 is 4.74 Å². The van der Waals surface area contributed by atoms with Crippen LogP contribution in [-0.4, -0.2) is 28.1 Å². The third kappa shape index (κ3) is 5.29. The molecule has 1 amide bonds. The molecule has 3 aromatic rings. The fourth-order valence-electron chi connectivity index (χ4n) is 2.86. The second kappa shape index (κ2) is 9.00. The molecule has 9 heteroatoms. The van der Waals surface area contributed by atoms with Crippen LogP contribution in [-0.2, 0) is 24.3 Å². The van der Waals surface area contributed by atoms with Gasteiger partial charge in [-0.3, -0.25) is 4.79 Å². The van der Waals surface area contributed by atoms with E-state index in [1.54, 1.807) is 25.1 Å². The molecule has 6 nitrogen and oxygen atoms in total. The Bertz CT molecular complexity index is 1010. The monoisotopic (exact) mass is 421 g/mol. The molecule has 152 valence electrons. The summed E-state index contributed by atoms with van der Waals surface area (Å²) in [4.78, 5) is 18.4. The third-order valence-electron chi connectivity index (χ3n) is 4.15. The van der Waals surface area contributed by atoms with Crippen molar-refractivity contribution in [3.8, 4) is 5.75 Å². The lowest BCUT2D eigenvalue weighted by Gasteiger charge is -2.23. The number of methoxy groups -OCH3 is 1. The molecule has 2 aromatic carbocycles. The molecule has 0 radical (unpaired) electrons. The van der Waals surface area contributed by atoms with Crippen molar-refractivity contribution in [3.05, 3.63) is 75.9 Å². The van der Waals surface area contributed by atoms with Crippen molar-refractivity contribution in [1.29, 1.82) is 0 Å². The van der Waals surface area contributed by atoms with Crippen LogP contribution in [0, 0.1) is 18.6 Å². The number of amides is 1. The number of hydrogen-bond donors (Lipinski definition) is 0. The number of rotatable bonds is 7. The minimum atomic E-state index is -0.722. The molecule has 29 heavy (non-hydrogen) atoms. The summed E-state index contributed by atoms with van der Waals surface area (Å²) in [6.07, 6.45) is -0.128. The number of aryl methyl sites for hydroxylation is 1. The lowest BCUT2D eigenvalue weighted by Crippen LogP contribution is -2.32. The first-order valence-electron chi connectivity index (χ1n) is 8.69. The summed E-state index contributed by atoms with van der Waals surface area (Å²) >= 11 is 6.35. The van der Waals surface area contributed by atoms with Gasteiger partial charge in [0.15, 0.2) is 5.82 Å². The van der Waals surface area contributed by atoms with Gasteiger partial charge < -0.3 is 14.2 Å². The first-order chi connectivity index (χ1) is 13.9. The molecule has 0 atom stereocenters. The second-order valence-corrected chi connectivity index (χ2v) is 6.75. The summed E-state index contributed by atoms with van der Waals surface area (Å²) in [5, 5.41) is 4.08. The van der Waals surface area contributed by atoms with Gasteiger partial charge in [0.1, 0.15) is 17.4 Å². The number of benzene rings is 2. The van der Waals surface area contributed by atoms with E-state index in [-0.39, 0.29) is 31.2 Å².